The molecule has 18 heavy (non-hydrogen) atoms. The van der Waals surface area contributed by atoms with Gasteiger partial charge >= 0.3 is 0 Å². The van der Waals surface area contributed by atoms with E-state index in [4.69, 9.17) is 27.9 Å². The lowest BCUT2D eigenvalue weighted by molar-refractivity contribution is 0.103. The second kappa shape index (κ2) is 5.38. The average Bonchev–Trinajstić information content (AvgIpc) is 2.38. The molecule has 0 amide bonds. The predicted octanol–water partition coefficient (Wildman–Crippen LogP) is 3.63. The fraction of sp³-hybridized carbons (Fsp3) is 0.0769. The lowest BCUT2D eigenvalue weighted by Gasteiger charge is -2.08. The number of pyridine rings is 1. The Hall–Kier alpha value is -1.58. The van der Waals surface area contributed by atoms with Crippen LogP contribution in [0.25, 0.3) is 0 Å². The van der Waals surface area contributed by atoms with Crippen molar-refractivity contribution in [2.45, 2.75) is 0 Å². The van der Waals surface area contributed by atoms with E-state index in [0.29, 0.717) is 15.8 Å². The molecule has 92 valence electrons. The summed E-state index contributed by atoms with van der Waals surface area (Å²) in [6.07, 6.45) is 1.51. The van der Waals surface area contributed by atoms with Crippen LogP contribution in [0.2, 0.25) is 10.0 Å². The first-order valence-electron chi connectivity index (χ1n) is 5.13. The SMILES string of the molecule is COc1cccnc1C(=O)c1c(Cl)cccc1Cl. The highest BCUT2D eigenvalue weighted by Crippen LogP contribution is 2.28. The Bertz CT molecular complexity index is 579. The Balaban J connectivity index is 2.55. The summed E-state index contributed by atoms with van der Waals surface area (Å²) in [7, 11) is 1.47. The van der Waals surface area contributed by atoms with Crippen molar-refractivity contribution < 1.29 is 9.53 Å². The summed E-state index contributed by atoms with van der Waals surface area (Å²) in [6, 6.07) is 8.23. The fourth-order valence-corrected chi connectivity index (χ4v) is 2.13. The molecule has 0 aliphatic heterocycles. The maximum atomic E-state index is 12.4. The quantitative estimate of drug-likeness (QED) is 0.807. The van der Waals surface area contributed by atoms with E-state index in [1.807, 2.05) is 0 Å². The van der Waals surface area contributed by atoms with Crippen LogP contribution >= 0.6 is 23.2 Å². The van der Waals surface area contributed by atoms with Crippen molar-refractivity contribution in [2.24, 2.45) is 0 Å². The van der Waals surface area contributed by atoms with Gasteiger partial charge in [-0.1, -0.05) is 29.3 Å². The molecule has 0 bridgehead atoms. The summed E-state index contributed by atoms with van der Waals surface area (Å²) < 4.78 is 5.10. The standard InChI is InChI=1S/C13H9Cl2NO2/c1-18-10-6-3-7-16-12(10)13(17)11-8(14)4-2-5-9(11)15/h2-7H,1H3. The zero-order chi connectivity index (χ0) is 13.1. The number of halogens is 2. The van der Waals surface area contributed by atoms with Crippen molar-refractivity contribution in [1.29, 1.82) is 0 Å². The van der Waals surface area contributed by atoms with E-state index in [1.165, 1.54) is 13.3 Å². The van der Waals surface area contributed by atoms with Gasteiger partial charge < -0.3 is 4.74 Å². The van der Waals surface area contributed by atoms with E-state index in [2.05, 4.69) is 4.98 Å². The molecule has 0 unspecified atom stereocenters. The third-order valence-electron chi connectivity index (χ3n) is 2.40. The van der Waals surface area contributed by atoms with Crippen molar-refractivity contribution in [3.63, 3.8) is 0 Å². The molecule has 0 radical (unpaired) electrons. The monoisotopic (exact) mass is 281 g/mol. The van der Waals surface area contributed by atoms with E-state index in [0.717, 1.165) is 0 Å². The normalized spacial score (nSPS) is 10.2. The first-order valence-corrected chi connectivity index (χ1v) is 5.88. The first-order chi connectivity index (χ1) is 8.65. The van der Waals surface area contributed by atoms with Gasteiger partial charge in [-0.05, 0) is 24.3 Å². The van der Waals surface area contributed by atoms with Gasteiger partial charge in [0.1, 0.15) is 5.75 Å². The van der Waals surface area contributed by atoms with Crippen molar-refractivity contribution in [1.82, 2.24) is 4.98 Å². The molecule has 1 heterocycles. The number of benzene rings is 1. The van der Waals surface area contributed by atoms with E-state index < -0.39 is 0 Å². The van der Waals surface area contributed by atoms with Gasteiger partial charge in [0.25, 0.3) is 0 Å². The second-order valence-electron chi connectivity index (χ2n) is 3.48. The Labute approximate surface area is 114 Å². The lowest BCUT2D eigenvalue weighted by atomic mass is 10.1. The van der Waals surface area contributed by atoms with Crippen LogP contribution in [-0.4, -0.2) is 17.9 Å². The number of methoxy groups -OCH3 is 1. The highest BCUT2D eigenvalue weighted by atomic mass is 35.5. The van der Waals surface area contributed by atoms with Gasteiger partial charge in [-0.3, -0.25) is 4.79 Å². The predicted molar refractivity (Wildman–Crippen MR) is 70.7 cm³/mol. The molecule has 0 fully saturated rings. The van der Waals surface area contributed by atoms with Crippen LogP contribution < -0.4 is 4.74 Å². The molecule has 0 aliphatic rings. The number of carbonyl (C=O) groups is 1. The maximum absolute atomic E-state index is 12.4. The van der Waals surface area contributed by atoms with Crippen LogP contribution in [0, 0.1) is 0 Å². The summed E-state index contributed by atoms with van der Waals surface area (Å²) >= 11 is 12.0. The number of carbonyl (C=O) groups excluding carboxylic acids is 1. The van der Waals surface area contributed by atoms with Crippen LogP contribution in [0.15, 0.2) is 36.5 Å². The molecule has 0 N–H and O–H groups in total. The number of nitrogens with zero attached hydrogens (tertiary/aromatic N) is 1. The van der Waals surface area contributed by atoms with E-state index in [-0.39, 0.29) is 17.0 Å². The van der Waals surface area contributed by atoms with Crippen LogP contribution in [0.5, 0.6) is 5.75 Å². The van der Waals surface area contributed by atoms with E-state index in [1.54, 1.807) is 30.3 Å². The van der Waals surface area contributed by atoms with Crippen molar-refractivity contribution in [2.75, 3.05) is 7.11 Å². The number of ketones is 1. The Morgan fingerprint density at radius 3 is 2.44 bits per heavy atom. The molecule has 2 rings (SSSR count). The molecule has 1 aromatic carbocycles. The Morgan fingerprint density at radius 1 is 1.17 bits per heavy atom. The fourth-order valence-electron chi connectivity index (χ4n) is 1.56. The zero-order valence-corrected chi connectivity index (χ0v) is 11.0. The van der Waals surface area contributed by atoms with Gasteiger partial charge in [-0.15, -0.1) is 0 Å². The topological polar surface area (TPSA) is 39.2 Å². The van der Waals surface area contributed by atoms with Gasteiger partial charge in [0, 0.05) is 6.20 Å². The number of hydrogen-bond acceptors (Lipinski definition) is 3. The zero-order valence-electron chi connectivity index (χ0n) is 9.48. The number of rotatable bonds is 3. The minimum Gasteiger partial charge on any atom is -0.494 e. The van der Waals surface area contributed by atoms with Crippen LogP contribution in [-0.2, 0) is 0 Å². The molecule has 0 saturated carbocycles. The van der Waals surface area contributed by atoms with Crippen LogP contribution in [0.4, 0.5) is 0 Å². The summed E-state index contributed by atoms with van der Waals surface area (Å²) in [4.78, 5) is 16.4. The van der Waals surface area contributed by atoms with Gasteiger partial charge in [-0.25, -0.2) is 4.98 Å². The molecule has 0 spiro atoms. The molecule has 5 heteroatoms. The average molecular weight is 282 g/mol. The van der Waals surface area contributed by atoms with E-state index in [9.17, 15) is 4.79 Å². The van der Waals surface area contributed by atoms with Crippen LogP contribution in [0.3, 0.4) is 0 Å². The molecular weight excluding hydrogens is 273 g/mol. The van der Waals surface area contributed by atoms with Crippen LogP contribution in [0.1, 0.15) is 16.1 Å². The molecule has 1 aromatic heterocycles. The summed E-state index contributed by atoms with van der Waals surface area (Å²) in [6.45, 7) is 0. The van der Waals surface area contributed by atoms with Gasteiger partial charge in [0.15, 0.2) is 5.69 Å². The van der Waals surface area contributed by atoms with Gasteiger partial charge in [0.2, 0.25) is 5.78 Å². The summed E-state index contributed by atoms with van der Waals surface area (Å²) in [5.41, 5.74) is 0.424. The molecule has 2 aromatic rings. The van der Waals surface area contributed by atoms with Gasteiger partial charge in [-0.2, -0.15) is 0 Å². The highest BCUT2D eigenvalue weighted by Gasteiger charge is 2.20. The molecule has 0 atom stereocenters. The third-order valence-corrected chi connectivity index (χ3v) is 3.03. The minimum absolute atomic E-state index is 0.190. The molecule has 0 saturated heterocycles. The number of aromatic nitrogens is 1. The number of hydrogen-bond donors (Lipinski definition) is 0. The first kappa shape index (κ1) is 12.9. The summed E-state index contributed by atoms with van der Waals surface area (Å²) in [5.74, 6) is 0.0292. The van der Waals surface area contributed by atoms with Gasteiger partial charge in [0.05, 0.1) is 22.7 Å². The van der Waals surface area contributed by atoms with Crippen molar-refractivity contribution in [3.05, 3.63) is 57.8 Å². The second-order valence-corrected chi connectivity index (χ2v) is 4.29. The van der Waals surface area contributed by atoms with Crippen molar-refractivity contribution >= 4 is 29.0 Å². The van der Waals surface area contributed by atoms with Crippen molar-refractivity contribution in [3.8, 4) is 5.75 Å². The minimum atomic E-state index is -0.358. The molecular formula is C13H9Cl2NO2. The Morgan fingerprint density at radius 2 is 1.83 bits per heavy atom. The number of ether oxygens (including phenoxy) is 1. The largest absolute Gasteiger partial charge is 0.494 e. The molecule has 0 aliphatic carbocycles. The Kier molecular flexibility index (Phi) is 3.84. The highest BCUT2D eigenvalue weighted by molar-refractivity contribution is 6.41. The maximum Gasteiger partial charge on any atom is 0.218 e. The summed E-state index contributed by atoms with van der Waals surface area (Å²) in [5, 5.41) is 0.584. The molecule has 3 nitrogen and oxygen atoms in total. The smallest absolute Gasteiger partial charge is 0.218 e. The van der Waals surface area contributed by atoms with E-state index >= 15 is 0 Å². The third kappa shape index (κ3) is 2.33. The lowest BCUT2D eigenvalue weighted by Crippen LogP contribution is -2.07.